The lowest BCUT2D eigenvalue weighted by Crippen LogP contribution is -2.44. The quantitative estimate of drug-likeness (QED) is 0.499. The number of carbonyl (C=O) groups is 3. The highest BCUT2D eigenvalue weighted by Crippen LogP contribution is 2.44. The molecule has 0 aromatic heterocycles. The van der Waals surface area contributed by atoms with E-state index in [4.69, 9.17) is 9.47 Å². The normalized spacial score (nSPS) is 18.4. The number of nitrogens with one attached hydrogen (secondary N) is 2. The standard InChI is InChI=1S/C27H24N2O6/c30-25(28-23-13-14-34-24(23)26(31)32)20-11-5-6-12-22(20)29-27(33)35-15-21-18-9-3-1-7-16(18)17-8-2-4-10-19(17)21/h1-12,21,23-24H,13-15H2,(H,28,30)(H,29,33)(H,31,32)/t23-,24+/m0/s1. The predicted octanol–water partition coefficient (Wildman–Crippen LogP) is 4.02. The van der Waals surface area contributed by atoms with Gasteiger partial charge in [-0.15, -0.1) is 0 Å². The monoisotopic (exact) mass is 472 g/mol. The molecule has 0 spiro atoms. The second-order valence-electron chi connectivity index (χ2n) is 8.49. The Morgan fingerprint density at radius 3 is 2.23 bits per heavy atom. The molecule has 0 radical (unpaired) electrons. The molecule has 2 amide bonds. The van der Waals surface area contributed by atoms with Crippen molar-refractivity contribution in [1.82, 2.24) is 5.32 Å². The average molecular weight is 472 g/mol. The molecule has 2 atom stereocenters. The van der Waals surface area contributed by atoms with Crippen LogP contribution in [0.25, 0.3) is 11.1 Å². The maximum atomic E-state index is 12.9. The van der Waals surface area contributed by atoms with Gasteiger partial charge < -0.3 is 19.9 Å². The number of hydrogen-bond acceptors (Lipinski definition) is 5. The van der Waals surface area contributed by atoms with E-state index in [1.165, 1.54) is 0 Å². The van der Waals surface area contributed by atoms with Crippen LogP contribution in [0.3, 0.4) is 0 Å². The molecule has 3 N–H and O–H groups in total. The van der Waals surface area contributed by atoms with Crippen molar-refractivity contribution in [3.8, 4) is 11.1 Å². The van der Waals surface area contributed by atoms with E-state index in [1.807, 2.05) is 36.4 Å². The van der Waals surface area contributed by atoms with Gasteiger partial charge in [-0.25, -0.2) is 9.59 Å². The molecule has 8 nitrogen and oxygen atoms in total. The number of anilines is 1. The minimum Gasteiger partial charge on any atom is -0.479 e. The van der Waals surface area contributed by atoms with Gasteiger partial charge in [0, 0.05) is 12.5 Å². The number of aliphatic carboxylic acids is 1. The first-order chi connectivity index (χ1) is 17.0. The smallest absolute Gasteiger partial charge is 0.411 e. The van der Waals surface area contributed by atoms with E-state index in [2.05, 4.69) is 22.8 Å². The molecule has 0 unspecified atom stereocenters. The largest absolute Gasteiger partial charge is 0.479 e. The summed E-state index contributed by atoms with van der Waals surface area (Å²) in [6.45, 7) is 0.398. The lowest BCUT2D eigenvalue weighted by molar-refractivity contribution is -0.148. The third-order valence-corrected chi connectivity index (χ3v) is 6.40. The highest BCUT2D eigenvalue weighted by molar-refractivity contribution is 6.03. The number of para-hydroxylation sites is 1. The topological polar surface area (TPSA) is 114 Å². The summed E-state index contributed by atoms with van der Waals surface area (Å²) < 4.78 is 10.8. The first-order valence-electron chi connectivity index (χ1n) is 11.4. The maximum absolute atomic E-state index is 12.9. The van der Waals surface area contributed by atoms with Crippen molar-refractivity contribution in [2.24, 2.45) is 0 Å². The average Bonchev–Trinajstić information content (AvgIpc) is 3.46. The molecule has 1 aliphatic carbocycles. The Hall–Kier alpha value is -4.17. The van der Waals surface area contributed by atoms with E-state index in [0.29, 0.717) is 6.42 Å². The van der Waals surface area contributed by atoms with Crippen molar-refractivity contribution in [3.63, 3.8) is 0 Å². The van der Waals surface area contributed by atoms with Gasteiger partial charge in [0.25, 0.3) is 5.91 Å². The Balaban J connectivity index is 1.26. The summed E-state index contributed by atoms with van der Waals surface area (Å²) in [5, 5.41) is 14.6. The zero-order valence-electron chi connectivity index (χ0n) is 18.8. The Kier molecular flexibility index (Phi) is 6.20. The molecule has 3 aromatic rings. The molecule has 0 bridgehead atoms. The lowest BCUT2D eigenvalue weighted by atomic mass is 9.98. The number of benzene rings is 3. The van der Waals surface area contributed by atoms with Crippen molar-refractivity contribution < 1.29 is 29.0 Å². The minimum absolute atomic E-state index is 0.0815. The van der Waals surface area contributed by atoms with Gasteiger partial charge in [-0.05, 0) is 40.8 Å². The van der Waals surface area contributed by atoms with E-state index in [-0.39, 0.29) is 30.4 Å². The van der Waals surface area contributed by atoms with Crippen LogP contribution in [0.15, 0.2) is 72.8 Å². The second kappa shape index (κ2) is 9.60. The molecule has 1 aliphatic heterocycles. The Bertz CT molecular complexity index is 1240. The van der Waals surface area contributed by atoms with Crippen LogP contribution in [0.2, 0.25) is 0 Å². The number of carbonyl (C=O) groups excluding carboxylic acids is 2. The molecule has 35 heavy (non-hydrogen) atoms. The molecule has 0 saturated carbocycles. The Morgan fingerprint density at radius 2 is 1.54 bits per heavy atom. The molecule has 8 heteroatoms. The van der Waals surface area contributed by atoms with Crippen LogP contribution in [0, 0.1) is 0 Å². The first-order valence-corrected chi connectivity index (χ1v) is 11.4. The molecule has 1 fully saturated rings. The van der Waals surface area contributed by atoms with Crippen molar-refractivity contribution in [2.75, 3.05) is 18.5 Å². The molecule has 5 rings (SSSR count). The van der Waals surface area contributed by atoms with Crippen LogP contribution in [0.5, 0.6) is 0 Å². The fourth-order valence-electron chi connectivity index (χ4n) is 4.76. The molecule has 178 valence electrons. The van der Waals surface area contributed by atoms with E-state index in [0.717, 1.165) is 22.3 Å². The van der Waals surface area contributed by atoms with Gasteiger partial charge in [-0.3, -0.25) is 10.1 Å². The number of hydrogen-bond donors (Lipinski definition) is 3. The number of carboxylic acids is 1. The van der Waals surface area contributed by atoms with Gasteiger partial charge in [0.05, 0.1) is 17.3 Å². The summed E-state index contributed by atoms with van der Waals surface area (Å²) >= 11 is 0. The number of amides is 2. The Morgan fingerprint density at radius 1 is 0.914 bits per heavy atom. The van der Waals surface area contributed by atoms with Crippen molar-refractivity contribution in [3.05, 3.63) is 89.5 Å². The fourth-order valence-corrected chi connectivity index (χ4v) is 4.76. The summed E-state index contributed by atoms with van der Waals surface area (Å²) in [6, 6.07) is 22.0. The van der Waals surface area contributed by atoms with Crippen molar-refractivity contribution in [2.45, 2.75) is 24.5 Å². The van der Waals surface area contributed by atoms with Crippen LogP contribution in [-0.2, 0) is 14.3 Å². The molecule has 2 aliphatic rings. The molecule has 1 heterocycles. The fraction of sp³-hybridized carbons (Fsp3) is 0.222. The van der Waals surface area contributed by atoms with Crippen molar-refractivity contribution >= 4 is 23.7 Å². The summed E-state index contributed by atoms with van der Waals surface area (Å²) in [5.41, 5.74) is 4.95. The SMILES string of the molecule is O=C(Nc1ccccc1C(=O)N[C@H]1CCO[C@H]1C(=O)O)OCC1c2ccccc2-c2ccccc21. The zero-order valence-corrected chi connectivity index (χ0v) is 18.8. The third-order valence-electron chi connectivity index (χ3n) is 6.40. The minimum atomic E-state index is -1.13. The van der Waals surface area contributed by atoms with Crippen LogP contribution in [0.1, 0.15) is 33.8 Å². The summed E-state index contributed by atoms with van der Waals surface area (Å²) in [7, 11) is 0. The highest BCUT2D eigenvalue weighted by Gasteiger charge is 2.35. The summed E-state index contributed by atoms with van der Waals surface area (Å²) in [6.07, 6.45) is -1.38. The second-order valence-corrected chi connectivity index (χ2v) is 8.49. The lowest BCUT2D eigenvalue weighted by Gasteiger charge is -2.18. The van der Waals surface area contributed by atoms with Crippen LogP contribution in [0.4, 0.5) is 10.5 Å². The number of fused-ring (bicyclic) bond motifs is 3. The maximum Gasteiger partial charge on any atom is 0.411 e. The van der Waals surface area contributed by atoms with Gasteiger partial charge in [-0.1, -0.05) is 60.7 Å². The van der Waals surface area contributed by atoms with E-state index < -0.39 is 30.1 Å². The molecular formula is C27H24N2O6. The van der Waals surface area contributed by atoms with Crippen LogP contribution < -0.4 is 10.6 Å². The summed E-state index contributed by atoms with van der Waals surface area (Å²) in [4.78, 5) is 36.9. The van der Waals surface area contributed by atoms with Gasteiger partial charge >= 0.3 is 12.1 Å². The van der Waals surface area contributed by atoms with Crippen LogP contribution in [-0.4, -0.2) is 48.4 Å². The molecule has 1 saturated heterocycles. The van der Waals surface area contributed by atoms with E-state index in [9.17, 15) is 19.5 Å². The number of carboxylic acid groups (broad SMARTS) is 1. The van der Waals surface area contributed by atoms with Crippen LogP contribution >= 0.6 is 0 Å². The van der Waals surface area contributed by atoms with E-state index >= 15 is 0 Å². The van der Waals surface area contributed by atoms with Gasteiger partial charge in [0.15, 0.2) is 6.10 Å². The first kappa shape index (κ1) is 22.6. The summed E-state index contributed by atoms with van der Waals surface area (Å²) in [5.74, 6) is -1.71. The van der Waals surface area contributed by atoms with Gasteiger partial charge in [0.1, 0.15) is 6.61 Å². The highest BCUT2D eigenvalue weighted by atomic mass is 16.5. The number of ether oxygens (including phenoxy) is 2. The third kappa shape index (κ3) is 4.48. The predicted molar refractivity (Wildman–Crippen MR) is 128 cm³/mol. The van der Waals surface area contributed by atoms with Gasteiger partial charge in [-0.2, -0.15) is 0 Å². The zero-order chi connectivity index (χ0) is 24.4. The van der Waals surface area contributed by atoms with Gasteiger partial charge in [0.2, 0.25) is 0 Å². The molecular weight excluding hydrogens is 448 g/mol. The Labute approximate surface area is 201 Å². The van der Waals surface area contributed by atoms with E-state index in [1.54, 1.807) is 24.3 Å². The molecule has 3 aromatic carbocycles. The van der Waals surface area contributed by atoms with Crippen molar-refractivity contribution in [1.29, 1.82) is 0 Å². The number of rotatable bonds is 6.